The Hall–Kier alpha value is -4.17. The molecule has 2 heteroatoms. The first-order chi connectivity index (χ1) is 18.6. The van der Waals surface area contributed by atoms with E-state index in [1.807, 2.05) is 48.5 Å². The summed E-state index contributed by atoms with van der Waals surface area (Å²) >= 11 is 0. The summed E-state index contributed by atoms with van der Waals surface area (Å²) in [6, 6.07) is 32.8. The van der Waals surface area contributed by atoms with Gasteiger partial charge in [-0.3, -0.25) is 4.98 Å². The largest absolute Gasteiger partial charge is 0.309 e. The lowest BCUT2D eigenvalue weighted by Crippen LogP contribution is -1.93. The van der Waals surface area contributed by atoms with Crippen LogP contribution < -0.4 is 0 Å². The minimum atomic E-state index is -2.32. The van der Waals surface area contributed by atoms with Crippen molar-refractivity contribution in [3.05, 3.63) is 120 Å². The average Bonchev–Trinajstić information content (AvgIpc) is 3.26. The van der Waals surface area contributed by atoms with Crippen LogP contribution in [0.1, 0.15) is 19.4 Å². The molecule has 6 aromatic rings. The number of aryl methyl sites for hydroxylation is 2. The molecule has 158 valence electrons. The predicted octanol–water partition coefficient (Wildman–Crippen LogP) is 8.13. The van der Waals surface area contributed by atoms with Crippen molar-refractivity contribution in [1.82, 2.24) is 9.55 Å². The Morgan fingerprint density at radius 2 is 1.48 bits per heavy atom. The van der Waals surface area contributed by atoms with Crippen LogP contribution in [0.2, 0.25) is 0 Å². The van der Waals surface area contributed by atoms with Crippen molar-refractivity contribution < 1.29 is 8.22 Å². The van der Waals surface area contributed by atoms with Gasteiger partial charge in [0.25, 0.3) is 0 Å². The number of benzene rings is 4. The second-order valence-corrected chi connectivity index (χ2v) is 8.11. The van der Waals surface area contributed by atoms with E-state index in [1.54, 1.807) is 18.2 Å². The molecule has 4 aromatic carbocycles. The third kappa shape index (κ3) is 3.32. The number of para-hydroxylation sites is 2. The molecule has 0 aliphatic rings. The summed E-state index contributed by atoms with van der Waals surface area (Å²) in [6.07, 6.45) is 1.35. The number of nitrogens with zero attached hydrogens (tertiary/aromatic N) is 2. The molecule has 0 bridgehead atoms. The number of pyridine rings is 1. The molecular formula is C31H24N2. The number of fused-ring (bicyclic) bond motifs is 3. The highest BCUT2D eigenvalue weighted by Crippen LogP contribution is 2.36. The lowest BCUT2D eigenvalue weighted by atomic mass is 9.95. The molecule has 0 spiro atoms. The molecule has 0 fully saturated rings. The Balaban J connectivity index is 1.55. The van der Waals surface area contributed by atoms with Crippen molar-refractivity contribution >= 4 is 21.8 Å². The lowest BCUT2D eigenvalue weighted by molar-refractivity contribution is 1.18. The van der Waals surface area contributed by atoms with Crippen molar-refractivity contribution in [2.45, 2.75) is 13.7 Å². The second kappa shape index (κ2) is 7.75. The highest BCUT2D eigenvalue weighted by atomic mass is 15.0. The molecule has 0 saturated heterocycles. The second-order valence-electron chi connectivity index (χ2n) is 8.11. The minimum Gasteiger partial charge on any atom is -0.309 e. The Labute approximate surface area is 202 Å². The van der Waals surface area contributed by atoms with E-state index in [1.165, 1.54) is 12.3 Å². The molecule has 33 heavy (non-hydrogen) atoms. The summed E-state index contributed by atoms with van der Waals surface area (Å²) in [5.74, 6) is 0. The van der Waals surface area contributed by atoms with Crippen molar-refractivity contribution in [3.63, 3.8) is 0 Å². The Bertz CT molecular complexity index is 1820. The van der Waals surface area contributed by atoms with Gasteiger partial charge in [0, 0.05) is 36.4 Å². The maximum atomic E-state index is 8.20. The van der Waals surface area contributed by atoms with Gasteiger partial charge in [-0.05, 0) is 78.4 Å². The molecule has 2 heterocycles. The summed E-state index contributed by atoms with van der Waals surface area (Å²) in [6.45, 7) is -4.56. The minimum absolute atomic E-state index is 0.158. The molecule has 6 rings (SSSR count). The van der Waals surface area contributed by atoms with Crippen molar-refractivity contribution in [1.29, 1.82) is 0 Å². The molecule has 0 radical (unpaired) electrons. The zero-order chi connectivity index (χ0) is 27.4. The van der Waals surface area contributed by atoms with Crippen molar-refractivity contribution in [2.75, 3.05) is 0 Å². The monoisotopic (exact) mass is 430 g/mol. The van der Waals surface area contributed by atoms with E-state index < -0.39 is 13.7 Å². The van der Waals surface area contributed by atoms with E-state index >= 15 is 0 Å². The van der Waals surface area contributed by atoms with Crippen LogP contribution in [0.25, 0.3) is 49.9 Å². The summed E-state index contributed by atoms with van der Waals surface area (Å²) < 4.78 is 49.6. The van der Waals surface area contributed by atoms with E-state index in [2.05, 4.69) is 39.9 Å². The Morgan fingerprint density at radius 3 is 2.30 bits per heavy atom. The first-order valence-corrected chi connectivity index (χ1v) is 10.8. The number of hydrogen-bond donors (Lipinski definition) is 0. The lowest BCUT2D eigenvalue weighted by Gasteiger charge is -2.11. The van der Waals surface area contributed by atoms with Crippen LogP contribution >= 0.6 is 0 Å². The maximum absolute atomic E-state index is 8.20. The fraction of sp³-hybridized carbons (Fsp3) is 0.0645. The molecule has 0 aliphatic carbocycles. The molecule has 2 aromatic heterocycles. The van der Waals surface area contributed by atoms with Crippen LogP contribution in [0.5, 0.6) is 0 Å². The van der Waals surface area contributed by atoms with Gasteiger partial charge in [-0.2, -0.15) is 0 Å². The quantitative estimate of drug-likeness (QED) is 0.277. The Kier molecular flexibility index (Phi) is 3.31. The van der Waals surface area contributed by atoms with Gasteiger partial charge < -0.3 is 4.57 Å². The first kappa shape index (κ1) is 14.1. The summed E-state index contributed by atoms with van der Waals surface area (Å²) in [7, 11) is 0. The maximum Gasteiger partial charge on any atom is 0.0702 e. The van der Waals surface area contributed by atoms with Gasteiger partial charge in [0.05, 0.1) is 16.7 Å². The van der Waals surface area contributed by atoms with Gasteiger partial charge >= 0.3 is 0 Å². The van der Waals surface area contributed by atoms with Gasteiger partial charge in [0.2, 0.25) is 0 Å². The topological polar surface area (TPSA) is 17.8 Å². The standard InChI is InChI=1S/C31H24N2/c1-21-12-16-29(32-20-21)24-14-13-22(2)27(19-24)23-15-17-31-28(18-23)26-10-6-7-11-30(26)33(31)25-8-4-3-5-9-25/h3-20H,1-2H3/i1D3,2D3. The van der Waals surface area contributed by atoms with Gasteiger partial charge in [-0.25, -0.2) is 0 Å². The molecule has 0 N–H and O–H groups in total. The van der Waals surface area contributed by atoms with E-state index in [0.29, 0.717) is 16.8 Å². The molecule has 0 saturated carbocycles. The van der Waals surface area contributed by atoms with Crippen LogP contribution in [-0.2, 0) is 0 Å². The van der Waals surface area contributed by atoms with E-state index in [4.69, 9.17) is 8.22 Å². The van der Waals surface area contributed by atoms with Crippen molar-refractivity contribution in [3.8, 4) is 28.1 Å². The zero-order valence-corrected chi connectivity index (χ0v) is 17.8. The van der Waals surface area contributed by atoms with Crippen LogP contribution in [-0.4, -0.2) is 9.55 Å². The third-order valence-electron chi connectivity index (χ3n) is 6.08. The molecular weight excluding hydrogens is 400 g/mol. The van der Waals surface area contributed by atoms with Gasteiger partial charge in [-0.1, -0.05) is 60.7 Å². The highest BCUT2D eigenvalue weighted by Gasteiger charge is 2.14. The molecule has 0 unspecified atom stereocenters. The summed E-state index contributed by atoms with van der Waals surface area (Å²) in [5.41, 5.74) is 6.21. The highest BCUT2D eigenvalue weighted by molar-refractivity contribution is 6.10. The predicted molar refractivity (Wildman–Crippen MR) is 139 cm³/mol. The zero-order valence-electron chi connectivity index (χ0n) is 23.8. The molecule has 0 aliphatic heterocycles. The molecule has 0 atom stereocenters. The van der Waals surface area contributed by atoms with Gasteiger partial charge in [0.1, 0.15) is 0 Å². The van der Waals surface area contributed by atoms with Gasteiger partial charge in [-0.15, -0.1) is 0 Å². The van der Waals surface area contributed by atoms with Crippen molar-refractivity contribution in [2.24, 2.45) is 0 Å². The Morgan fingerprint density at radius 1 is 0.667 bits per heavy atom. The smallest absolute Gasteiger partial charge is 0.0702 e. The molecule has 2 nitrogen and oxygen atoms in total. The molecule has 0 amide bonds. The normalized spacial score (nSPS) is 14.8. The third-order valence-corrected chi connectivity index (χ3v) is 6.08. The van der Waals surface area contributed by atoms with Crippen LogP contribution in [0.15, 0.2) is 109 Å². The summed E-state index contributed by atoms with van der Waals surface area (Å²) in [5, 5.41) is 2.10. The summed E-state index contributed by atoms with van der Waals surface area (Å²) in [4.78, 5) is 4.37. The fourth-order valence-corrected chi connectivity index (χ4v) is 4.50. The van der Waals surface area contributed by atoms with E-state index in [0.717, 1.165) is 33.1 Å². The number of hydrogen-bond acceptors (Lipinski definition) is 1. The number of rotatable bonds is 3. The first-order valence-electron chi connectivity index (χ1n) is 13.8. The van der Waals surface area contributed by atoms with Crippen LogP contribution in [0.3, 0.4) is 0 Å². The average molecular weight is 431 g/mol. The fourth-order valence-electron chi connectivity index (χ4n) is 4.50. The van der Waals surface area contributed by atoms with E-state index in [-0.39, 0.29) is 11.1 Å². The van der Waals surface area contributed by atoms with E-state index in [9.17, 15) is 0 Å². The SMILES string of the molecule is [2H]C([2H])([2H])c1ccc(-c2ccc(C([2H])([2H])[2H])c(-c3ccc4c(c3)c3ccccc3n4-c3ccccc3)c2)nc1. The van der Waals surface area contributed by atoms with Crippen LogP contribution in [0.4, 0.5) is 0 Å². The van der Waals surface area contributed by atoms with Crippen LogP contribution in [0, 0.1) is 13.7 Å². The number of aromatic nitrogens is 2. The van der Waals surface area contributed by atoms with Gasteiger partial charge in [0.15, 0.2) is 0 Å².